The van der Waals surface area contributed by atoms with E-state index < -0.39 is 11.2 Å². The maximum atomic E-state index is 13.3. The Morgan fingerprint density at radius 3 is 2.66 bits per heavy atom. The zero-order valence-electron chi connectivity index (χ0n) is 18.2. The number of H-pyrrole nitrogens is 1. The molecule has 2 aromatic heterocycles. The molecule has 0 unspecified atom stereocenters. The summed E-state index contributed by atoms with van der Waals surface area (Å²) >= 11 is 1.23. The number of aromatic nitrogens is 5. The van der Waals surface area contributed by atoms with Crippen LogP contribution in [0.5, 0.6) is 0 Å². The second kappa shape index (κ2) is 10.8. The van der Waals surface area contributed by atoms with Crippen molar-refractivity contribution in [1.82, 2.24) is 24.3 Å². The second-order valence-electron chi connectivity index (χ2n) is 7.15. The molecule has 0 bridgehead atoms. The smallest absolute Gasteiger partial charge is 0.330 e. The molecule has 3 rings (SSSR count). The van der Waals surface area contributed by atoms with Crippen LogP contribution in [0.2, 0.25) is 0 Å². The number of benzene rings is 1. The van der Waals surface area contributed by atoms with Gasteiger partial charge < -0.3 is 10.3 Å². The lowest BCUT2D eigenvalue weighted by Gasteiger charge is -2.24. The molecular weight excluding hydrogens is 430 g/mol. The van der Waals surface area contributed by atoms with E-state index in [-0.39, 0.29) is 29.7 Å². The van der Waals surface area contributed by atoms with Gasteiger partial charge in [0.25, 0.3) is 5.56 Å². The Kier molecular flexibility index (Phi) is 7.87. The monoisotopic (exact) mass is 457 g/mol. The second-order valence-corrected chi connectivity index (χ2v) is 8.09. The molecule has 3 aromatic rings. The number of thioether (sulfide) groups is 1. The number of nitrogen functional groups attached to an aromatic ring is 1. The molecule has 0 radical (unpaired) electrons. The zero-order valence-corrected chi connectivity index (χ0v) is 19.0. The third kappa shape index (κ3) is 5.28. The van der Waals surface area contributed by atoms with E-state index in [9.17, 15) is 14.4 Å². The zero-order chi connectivity index (χ0) is 23.1. The number of aryl methyl sites for hydroxylation is 1. The Morgan fingerprint density at radius 2 is 1.97 bits per heavy atom. The summed E-state index contributed by atoms with van der Waals surface area (Å²) in [5.41, 5.74) is 5.81. The molecule has 1 aromatic carbocycles. The number of unbranched alkanes of at least 4 members (excludes halogenated alkanes) is 1. The number of nitrogens with one attached hydrogen (secondary N) is 1. The number of carbonyl (C=O) groups is 1. The highest BCUT2D eigenvalue weighted by Gasteiger charge is 2.25. The topological polar surface area (TPSA) is 132 Å². The quantitative estimate of drug-likeness (QED) is 0.444. The van der Waals surface area contributed by atoms with Crippen LogP contribution >= 0.6 is 11.8 Å². The normalized spacial score (nSPS) is 10.9. The van der Waals surface area contributed by atoms with Crippen LogP contribution in [0.1, 0.15) is 32.3 Å². The highest BCUT2D eigenvalue weighted by atomic mass is 32.2. The molecule has 0 aliphatic rings. The first-order chi connectivity index (χ1) is 15.5. The maximum absolute atomic E-state index is 13.3. The van der Waals surface area contributed by atoms with Gasteiger partial charge in [-0.25, -0.2) is 4.79 Å². The van der Waals surface area contributed by atoms with E-state index in [0.717, 1.165) is 12.0 Å². The lowest BCUT2D eigenvalue weighted by atomic mass is 10.2. The van der Waals surface area contributed by atoms with E-state index >= 15 is 0 Å². The first-order valence-electron chi connectivity index (χ1n) is 10.4. The minimum Gasteiger partial charge on any atom is -0.383 e. The number of aromatic amines is 1. The fourth-order valence-electron chi connectivity index (χ4n) is 3.21. The van der Waals surface area contributed by atoms with Crippen LogP contribution in [-0.4, -0.2) is 36.0 Å². The van der Waals surface area contributed by atoms with Crippen molar-refractivity contribution in [2.75, 3.05) is 16.4 Å². The molecule has 170 valence electrons. The number of carbonyl (C=O) groups excluding carboxylic acids is 1. The number of anilines is 2. The Morgan fingerprint density at radius 1 is 1.22 bits per heavy atom. The van der Waals surface area contributed by atoms with Crippen molar-refractivity contribution in [3.8, 4) is 0 Å². The van der Waals surface area contributed by atoms with E-state index in [0.29, 0.717) is 24.7 Å². The van der Waals surface area contributed by atoms with Crippen molar-refractivity contribution < 1.29 is 4.79 Å². The number of rotatable bonds is 10. The highest BCUT2D eigenvalue weighted by Crippen LogP contribution is 2.23. The van der Waals surface area contributed by atoms with Gasteiger partial charge in [0.05, 0.1) is 12.3 Å². The lowest BCUT2D eigenvalue weighted by Crippen LogP contribution is -2.41. The summed E-state index contributed by atoms with van der Waals surface area (Å²) in [5.74, 6) is -0.320. The maximum Gasteiger partial charge on any atom is 0.330 e. The molecule has 32 heavy (non-hydrogen) atoms. The van der Waals surface area contributed by atoms with Gasteiger partial charge in [-0.2, -0.15) is 0 Å². The van der Waals surface area contributed by atoms with E-state index in [4.69, 9.17) is 5.73 Å². The van der Waals surface area contributed by atoms with Crippen molar-refractivity contribution in [1.29, 1.82) is 0 Å². The van der Waals surface area contributed by atoms with Gasteiger partial charge in [0, 0.05) is 13.1 Å². The van der Waals surface area contributed by atoms with Crippen molar-refractivity contribution in [3.05, 3.63) is 63.1 Å². The summed E-state index contributed by atoms with van der Waals surface area (Å²) in [6, 6.07) is 9.30. The van der Waals surface area contributed by atoms with Crippen LogP contribution in [0.15, 0.2) is 51.4 Å². The van der Waals surface area contributed by atoms with E-state index in [1.54, 1.807) is 6.33 Å². The van der Waals surface area contributed by atoms with Crippen molar-refractivity contribution in [3.63, 3.8) is 0 Å². The van der Waals surface area contributed by atoms with Crippen molar-refractivity contribution >= 4 is 29.2 Å². The van der Waals surface area contributed by atoms with Crippen LogP contribution in [0.25, 0.3) is 0 Å². The summed E-state index contributed by atoms with van der Waals surface area (Å²) in [7, 11) is 0. The van der Waals surface area contributed by atoms with Gasteiger partial charge in [0.1, 0.15) is 12.1 Å². The first kappa shape index (κ1) is 23.3. The first-order valence-corrected chi connectivity index (χ1v) is 11.4. The van der Waals surface area contributed by atoms with E-state index in [1.807, 2.05) is 48.7 Å². The molecule has 1 amide bonds. The number of nitrogens with zero attached hydrogens (tertiary/aromatic N) is 5. The van der Waals surface area contributed by atoms with Gasteiger partial charge in [0.2, 0.25) is 5.91 Å². The minimum absolute atomic E-state index is 0.0155. The van der Waals surface area contributed by atoms with Crippen molar-refractivity contribution in [2.45, 2.75) is 51.5 Å². The average Bonchev–Trinajstić information content (AvgIpc) is 3.25. The van der Waals surface area contributed by atoms with E-state index in [1.165, 1.54) is 21.2 Å². The molecule has 0 saturated carbocycles. The molecule has 0 aliphatic heterocycles. The Hall–Kier alpha value is -3.34. The van der Waals surface area contributed by atoms with Crippen LogP contribution in [0.3, 0.4) is 0 Å². The fourth-order valence-corrected chi connectivity index (χ4v) is 4.07. The highest BCUT2D eigenvalue weighted by molar-refractivity contribution is 7.99. The molecule has 0 fully saturated rings. The van der Waals surface area contributed by atoms with Crippen LogP contribution in [0.4, 0.5) is 11.5 Å². The summed E-state index contributed by atoms with van der Waals surface area (Å²) < 4.78 is 3.14. The number of hydrogen-bond donors (Lipinski definition) is 2. The third-order valence-electron chi connectivity index (χ3n) is 4.95. The molecule has 11 heteroatoms. The third-order valence-corrected chi connectivity index (χ3v) is 5.91. The largest absolute Gasteiger partial charge is 0.383 e. The van der Waals surface area contributed by atoms with Gasteiger partial charge >= 0.3 is 5.69 Å². The SMILES string of the molecule is CCCCn1c(N)c(N(Cc2ccccc2)C(=O)CSc2nncn2CC)c(=O)[nH]c1=O. The molecule has 10 nitrogen and oxygen atoms in total. The van der Waals surface area contributed by atoms with Gasteiger partial charge in [-0.15, -0.1) is 10.2 Å². The predicted molar refractivity (Wildman–Crippen MR) is 125 cm³/mol. The van der Waals surface area contributed by atoms with Gasteiger partial charge in [-0.1, -0.05) is 55.4 Å². The van der Waals surface area contributed by atoms with Crippen molar-refractivity contribution in [2.24, 2.45) is 0 Å². The summed E-state index contributed by atoms with van der Waals surface area (Å²) in [4.78, 5) is 42.1. The molecule has 0 spiro atoms. The Labute approximate surface area is 189 Å². The van der Waals surface area contributed by atoms with E-state index in [2.05, 4.69) is 15.2 Å². The Bertz CT molecular complexity index is 1170. The van der Waals surface area contributed by atoms with Gasteiger partial charge in [-0.05, 0) is 18.9 Å². The molecule has 0 atom stereocenters. The summed E-state index contributed by atoms with van der Waals surface area (Å²) in [6.07, 6.45) is 3.16. The molecule has 0 aliphatic carbocycles. The van der Waals surface area contributed by atoms with Gasteiger partial charge in [-0.3, -0.25) is 24.0 Å². The number of amides is 1. The summed E-state index contributed by atoms with van der Waals surface area (Å²) in [5, 5.41) is 8.52. The Balaban J connectivity index is 1.98. The lowest BCUT2D eigenvalue weighted by molar-refractivity contribution is -0.116. The fraction of sp³-hybridized carbons (Fsp3) is 0.381. The molecule has 3 N–H and O–H groups in total. The van der Waals surface area contributed by atoms with Crippen LogP contribution in [-0.2, 0) is 24.4 Å². The minimum atomic E-state index is -0.689. The van der Waals surface area contributed by atoms with Crippen LogP contribution in [0, 0.1) is 0 Å². The molecule has 0 saturated heterocycles. The number of nitrogens with two attached hydrogens (primary N) is 1. The predicted octanol–water partition coefficient (Wildman–Crippen LogP) is 1.86. The van der Waals surface area contributed by atoms with Crippen LogP contribution < -0.4 is 21.9 Å². The summed E-state index contributed by atoms with van der Waals surface area (Å²) in [6.45, 7) is 5.11. The number of hydrogen-bond acceptors (Lipinski definition) is 7. The van der Waals surface area contributed by atoms with Gasteiger partial charge in [0.15, 0.2) is 10.8 Å². The average molecular weight is 458 g/mol. The molecular formula is C21H27N7O3S. The standard InChI is InChI=1S/C21H27N7O3S/c1-3-5-11-27-18(22)17(19(30)24-20(27)31)28(12-15-9-7-6-8-10-15)16(29)13-32-21-25-23-14-26(21)4-2/h6-10,14H,3-5,11-13,22H2,1-2H3,(H,24,30,31). The molecule has 2 heterocycles.